The van der Waals surface area contributed by atoms with Crippen molar-refractivity contribution >= 4 is 11.9 Å². The fourth-order valence-corrected chi connectivity index (χ4v) is 1.94. The second-order valence-electron chi connectivity index (χ2n) is 3.94. The van der Waals surface area contributed by atoms with Gasteiger partial charge in [-0.3, -0.25) is 0 Å². The van der Waals surface area contributed by atoms with E-state index in [0.29, 0.717) is 17.7 Å². The molecule has 0 saturated carbocycles. The Hall–Kier alpha value is -2.18. The predicted octanol–water partition coefficient (Wildman–Crippen LogP) is 0.240. The van der Waals surface area contributed by atoms with Gasteiger partial charge in [0.05, 0.1) is 0 Å². The molecule has 7 heteroatoms. The normalized spacial score (nSPS) is 15.4. The number of nitrogens with two attached hydrogens (primary N) is 1. The fraction of sp³-hybridized carbons (Fsp3) is 0.400. The summed E-state index contributed by atoms with van der Waals surface area (Å²) < 4.78 is 1.54. The summed E-state index contributed by atoms with van der Waals surface area (Å²) in [4.78, 5) is 14.4. The van der Waals surface area contributed by atoms with Gasteiger partial charge in [-0.25, -0.2) is 9.97 Å². The van der Waals surface area contributed by atoms with Crippen LogP contribution in [0.5, 0.6) is 0 Å². The van der Waals surface area contributed by atoms with Gasteiger partial charge in [0.25, 0.3) is 0 Å². The standard InChI is InChI=1S/C10H13N7/c11-9-14-10(16-5-1-2-6-16)15-17(9)8-3-4-12-7-13-8/h3-4,7H,1-2,5-6H2,(H2,11,14,15). The lowest BCUT2D eigenvalue weighted by Gasteiger charge is -2.10. The van der Waals surface area contributed by atoms with Gasteiger partial charge < -0.3 is 10.6 Å². The van der Waals surface area contributed by atoms with Crippen molar-refractivity contribution in [2.45, 2.75) is 12.8 Å². The number of hydrogen-bond donors (Lipinski definition) is 1. The molecule has 2 aromatic heterocycles. The summed E-state index contributed by atoms with van der Waals surface area (Å²) in [5, 5.41) is 4.38. The predicted molar refractivity (Wildman–Crippen MR) is 62.8 cm³/mol. The highest BCUT2D eigenvalue weighted by Gasteiger charge is 2.18. The van der Waals surface area contributed by atoms with E-state index in [2.05, 4.69) is 25.0 Å². The Labute approximate surface area is 98.3 Å². The molecule has 1 aliphatic heterocycles. The summed E-state index contributed by atoms with van der Waals surface area (Å²) >= 11 is 0. The third-order valence-electron chi connectivity index (χ3n) is 2.79. The topological polar surface area (TPSA) is 85.8 Å². The molecule has 0 aromatic carbocycles. The lowest BCUT2D eigenvalue weighted by molar-refractivity contribution is 0.823. The van der Waals surface area contributed by atoms with Crippen molar-refractivity contribution in [3.05, 3.63) is 18.6 Å². The molecule has 3 heterocycles. The molecule has 2 aromatic rings. The van der Waals surface area contributed by atoms with Gasteiger partial charge in [0.2, 0.25) is 11.9 Å². The zero-order valence-electron chi connectivity index (χ0n) is 9.32. The van der Waals surface area contributed by atoms with E-state index >= 15 is 0 Å². The van der Waals surface area contributed by atoms with E-state index < -0.39 is 0 Å². The summed E-state index contributed by atoms with van der Waals surface area (Å²) in [5.74, 6) is 1.67. The first kappa shape index (κ1) is 10.0. The maximum absolute atomic E-state index is 5.84. The minimum atomic E-state index is 0.352. The molecule has 17 heavy (non-hydrogen) atoms. The number of anilines is 2. The summed E-state index contributed by atoms with van der Waals surface area (Å²) in [6, 6.07) is 1.75. The van der Waals surface area contributed by atoms with Crippen LogP contribution in [-0.4, -0.2) is 37.8 Å². The Morgan fingerprint density at radius 1 is 1.24 bits per heavy atom. The van der Waals surface area contributed by atoms with Crippen molar-refractivity contribution in [2.75, 3.05) is 23.7 Å². The van der Waals surface area contributed by atoms with E-state index in [1.165, 1.54) is 23.9 Å². The maximum atomic E-state index is 5.84. The van der Waals surface area contributed by atoms with Gasteiger partial charge in [-0.1, -0.05) is 0 Å². The van der Waals surface area contributed by atoms with Gasteiger partial charge in [-0.15, -0.1) is 5.10 Å². The molecule has 0 aliphatic carbocycles. The fourth-order valence-electron chi connectivity index (χ4n) is 1.94. The van der Waals surface area contributed by atoms with Crippen molar-refractivity contribution in [2.24, 2.45) is 0 Å². The molecule has 1 saturated heterocycles. The molecule has 0 unspecified atom stereocenters. The molecule has 0 bridgehead atoms. The number of nitrogen functional groups attached to an aromatic ring is 1. The average molecular weight is 231 g/mol. The Kier molecular flexibility index (Phi) is 2.36. The molecule has 2 N–H and O–H groups in total. The zero-order valence-corrected chi connectivity index (χ0v) is 9.32. The number of nitrogens with zero attached hydrogens (tertiary/aromatic N) is 6. The molecule has 3 rings (SSSR count). The van der Waals surface area contributed by atoms with Crippen molar-refractivity contribution in [1.82, 2.24) is 24.7 Å². The lowest BCUT2D eigenvalue weighted by Crippen LogP contribution is -2.19. The van der Waals surface area contributed by atoms with E-state index in [1.807, 2.05) is 0 Å². The molecule has 0 atom stereocenters. The number of rotatable bonds is 2. The van der Waals surface area contributed by atoms with Crippen molar-refractivity contribution in [1.29, 1.82) is 0 Å². The Morgan fingerprint density at radius 2 is 2.06 bits per heavy atom. The second kappa shape index (κ2) is 4.00. The lowest BCUT2D eigenvalue weighted by atomic mass is 10.4. The molecule has 1 aliphatic rings. The number of aromatic nitrogens is 5. The van der Waals surface area contributed by atoms with E-state index in [4.69, 9.17) is 5.73 Å². The van der Waals surface area contributed by atoms with Crippen LogP contribution in [0.2, 0.25) is 0 Å². The van der Waals surface area contributed by atoms with Gasteiger partial charge in [0, 0.05) is 25.4 Å². The SMILES string of the molecule is Nc1nc(N2CCCC2)nn1-c1ccncn1. The van der Waals surface area contributed by atoms with Crippen molar-refractivity contribution in [3.8, 4) is 5.82 Å². The first-order valence-electron chi connectivity index (χ1n) is 5.58. The molecular formula is C10H13N7. The van der Waals surface area contributed by atoms with Crippen LogP contribution in [0.25, 0.3) is 5.82 Å². The minimum Gasteiger partial charge on any atom is -0.368 e. The van der Waals surface area contributed by atoms with Crippen molar-refractivity contribution in [3.63, 3.8) is 0 Å². The van der Waals surface area contributed by atoms with Gasteiger partial charge in [-0.2, -0.15) is 9.67 Å². The quantitative estimate of drug-likeness (QED) is 0.796. The van der Waals surface area contributed by atoms with Crippen LogP contribution in [0.3, 0.4) is 0 Å². The van der Waals surface area contributed by atoms with Gasteiger partial charge >= 0.3 is 0 Å². The smallest absolute Gasteiger partial charge is 0.247 e. The molecule has 88 valence electrons. The average Bonchev–Trinajstić information content (AvgIpc) is 2.99. The van der Waals surface area contributed by atoms with E-state index in [-0.39, 0.29) is 0 Å². The highest BCUT2D eigenvalue weighted by Crippen LogP contribution is 2.18. The molecule has 0 amide bonds. The van der Waals surface area contributed by atoms with Gasteiger partial charge in [-0.05, 0) is 12.8 Å². The molecule has 7 nitrogen and oxygen atoms in total. The van der Waals surface area contributed by atoms with Crippen LogP contribution in [0.4, 0.5) is 11.9 Å². The minimum absolute atomic E-state index is 0.352. The first-order chi connectivity index (χ1) is 8.34. The maximum Gasteiger partial charge on any atom is 0.247 e. The van der Waals surface area contributed by atoms with Gasteiger partial charge in [0.1, 0.15) is 6.33 Å². The number of hydrogen-bond acceptors (Lipinski definition) is 6. The first-order valence-corrected chi connectivity index (χ1v) is 5.58. The Morgan fingerprint density at radius 3 is 2.76 bits per heavy atom. The van der Waals surface area contributed by atoms with Crippen LogP contribution < -0.4 is 10.6 Å². The molecular weight excluding hydrogens is 218 g/mol. The van der Waals surface area contributed by atoms with E-state index in [1.54, 1.807) is 12.3 Å². The van der Waals surface area contributed by atoms with Crippen molar-refractivity contribution < 1.29 is 0 Å². The van der Waals surface area contributed by atoms with Crippen LogP contribution in [0.15, 0.2) is 18.6 Å². The van der Waals surface area contributed by atoms with E-state index in [9.17, 15) is 0 Å². The molecule has 0 radical (unpaired) electrons. The zero-order chi connectivity index (χ0) is 11.7. The largest absolute Gasteiger partial charge is 0.368 e. The molecule has 0 spiro atoms. The summed E-state index contributed by atoms with van der Waals surface area (Å²) in [6.45, 7) is 1.99. The van der Waals surface area contributed by atoms with Crippen LogP contribution in [0, 0.1) is 0 Å². The second-order valence-corrected chi connectivity index (χ2v) is 3.94. The third kappa shape index (κ3) is 1.79. The summed E-state index contributed by atoms with van der Waals surface area (Å²) in [7, 11) is 0. The van der Waals surface area contributed by atoms with Crippen LogP contribution >= 0.6 is 0 Å². The Bertz CT molecular complexity index is 501. The highest BCUT2D eigenvalue weighted by atomic mass is 15.5. The Balaban J connectivity index is 1.96. The monoisotopic (exact) mass is 231 g/mol. The van der Waals surface area contributed by atoms with Crippen LogP contribution in [-0.2, 0) is 0 Å². The van der Waals surface area contributed by atoms with Crippen LogP contribution in [0.1, 0.15) is 12.8 Å². The summed E-state index contributed by atoms with van der Waals surface area (Å²) in [6.07, 6.45) is 5.48. The van der Waals surface area contributed by atoms with E-state index in [0.717, 1.165) is 13.1 Å². The van der Waals surface area contributed by atoms with Gasteiger partial charge in [0.15, 0.2) is 5.82 Å². The summed E-state index contributed by atoms with van der Waals surface area (Å²) in [5.41, 5.74) is 5.84. The highest BCUT2D eigenvalue weighted by molar-refractivity contribution is 5.40. The third-order valence-corrected chi connectivity index (χ3v) is 2.79. The molecule has 1 fully saturated rings.